The lowest BCUT2D eigenvalue weighted by molar-refractivity contribution is 0.0691. The van der Waals surface area contributed by atoms with Crippen LogP contribution in [0.2, 0.25) is 5.02 Å². The number of imidazole rings is 1. The molecule has 34 heavy (non-hydrogen) atoms. The van der Waals surface area contributed by atoms with Crippen molar-refractivity contribution in [1.29, 1.82) is 0 Å². The van der Waals surface area contributed by atoms with Gasteiger partial charge in [-0.1, -0.05) is 11.6 Å². The molecule has 4 rings (SSSR count). The highest BCUT2D eigenvalue weighted by atomic mass is 35.5. The maximum Gasteiger partial charge on any atom is 0.354 e. The van der Waals surface area contributed by atoms with E-state index >= 15 is 0 Å². The standard InChI is InChI=1S/C23H18ClF2N3O4S/c1-23(2,18-17(33-3)9-6-13(25)19(18)26)34-11-4-5-12(24)16(10-11)29-20-14(28-22(29)32)7-8-15(27-20)21(30)31/h4-10H,1-3H3,(H,28,32)(H,30,31). The Morgan fingerprint density at radius 1 is 1.21 bits per heavy atom. The number of thioether (sulfide) groups is 1. The van der Waals surface area contributed by atoms with E-state index in [1.54, 1.807) is 32.0 Å². The quantitative estimate of drug-likeness (QED) is 0.341. The Morgan fingerprint density at radius 3 is 2.62 bits per heavy atom. The van der Waals surface area contributed by atoms with Gasteiger partial charge in [-0.2, -0.15) is 0 Å². The van der Waals surface area contributed by atoms with Gasteiger partial charge in [0.25, 0.3) is 0 Å². The molecule has 0 saturated carbocycles. The Labute approximate surface area is 201 Å². The predicted molar refractivity (Wildman–Crippen MR) is 125 cm³/mol. The number of aromatic carboxylic acids is 1. The van der Waals surface area contributed by atoms with Crippen LogP contribution >= 0.6 is 23.4 Å². The van der Waals surface area contributed by atoms with E-state index in [0.717, 1.165) is 6.07 Å². The zero-order valence-electron chi connectivity index (χ0n) is 18.1. The molecule has 2 heterocycles. The van der Waals surface area contributed by atoms with E-state index in [1.165, 1.54) is 41.6 Å². The van der Waals surface area contributed by atoms with Crippen LogP contribution < -0.4 is 10.4 Å². The van der Waals surface area contributed by atoms with E-state index in [4.69, 9.17) is 16.3 Å². The zero-order valence-corrected chi connectivity index (χ0v) is 19.7. The Balaban J connectivity index is 1.83. The highest BCUT2D eigenvalue weighted by molar-refractivity contribution is 8.00. The first-order chi connectivity index (χ1) is 16.0. The van der Waals surface area contributed by atoms with Gasteiger partial charge >= 0.3 is 11.7 Å². The number of benzene rings is 2. The third-order valence-electron chi connectivity index (χ3n) is 5.16. The zero-order chi connectivity index (χ0) is 24.8. The second-order valence-electron chi connectivity index (χ2n) is 7.80. The molecular formula is C23H18ClF2N3O4S. The molecule has 0 bridgehead atoms. The number of aromatic amines is 1. The van der Waals surface area contributed by atoms with Crippen LogP contribution in [-0.2, 0) is 4.75 Å². The monoisotopic (exact) mass is 505 g/mol. The number of ether oxygens (including phenoxy) is 1. The smallest absolute Gasteiger partial charge is 0.354 e. The lowest BCUT2D eigenvalue weighted by Gasteiger charge is -2.27. The number of nitrogens with zero attached hydrogens (tertiary/aromatic N) is 2. The average molecular weight is 506 g/mol. The molecule has 0 fully saturated rings. The molecule has 0 saturated heterocycles. The van der Waals surface area contributed by atoms with Crippen LogP contribution in [0.3, 0.4) is 0 Å². The van der Waals surface area contributed by atoms with Gasteiger partial charge < -0.3 is 14.8 Å². The molecule has 0 radical (unpaired) electrons. The maximum absolute atomic E-state index is 14.7. The SMILES string of the molecule is COc1ccc(F)c(F)c1C(C)(C)Sc1ccc(Cl)c(-n2c(=O)[nH]c3ccc(C(=O)O)nc32)c1. The van der Waals surface area contributed by atoms with Crippen molar-refractivity contribution in [3.63, 3.8) is 0 Å². The van der Waals surface area contributed by atoms with Gasteiger partial charge in [-0.25, -0.2) is 27.9 Å². The van der Waals surface area contributed by atoms with Crippen molar-refractivity contribution in [1.82, 2.24) is 14.5 Å². The van der Waals surface area contributed by atoms with E-state index in [9.17, 15) is 23.5 Å². The molecule has 176 valence electrons. The lowest BCUT2D eigenvalue weighted by atomic mass is 10.00. The number of fused-ring (bicyclic) bond motifs is 1. The van der Waals surface area contributed by atoms with Crippen LogP contribution in [0.15, 0.2) is 52.2 Å². The normalized spacial score (nSPS) is 11.7. The molecule has 11 heteroatoms. The third kappa shape index (κ3) is 4.14. The van der Waals surface area contributed by atoms with E-state index < -0.39 is 28.0 Å². The minimum absolute atomic E-state index is 0.0496. The topological polar surface area (TPSA) is 97.2 Å². The molecule has 2 N–H and O–H groups in total. The summed E-state index contributed by atoms with van der Waals surface area (Å²) in [7, 11) is 1.37. The number of halogens is 3. The van der Waals surface area contributed by atoms with E-state index in [1.807, 2.05) is 0 Å². The molecule has 0 amide bonds. The molecule has 4 aromatic rings. The Hall–Kier alpha value is -3.37. The van der Waals surface area contributed by atoms with E-state index in [-0.39, 0.29) is 33.4 Å². The maximum atomic E-state index is 14.7. The molecule has 0 aliphatic rings. The largest absolute Gasteiger partial charge is 0.496 e. The fourth-order valence-electron chi connectivity index (χ4n) is 3.66. The summed E-state index contributed by atoms with van der Waals surface area (Å²) in [4.78, 5) is 31.3. The second kappa shape index (κ2) is 8.77. The molecule has 0 aliphatic carbocycles. The Kier molecular flexibility index (Phi) is 6.13. The van der Waals surface area contributed by atoms with Crippen molar-refractivity contribution in [3.05, 3.63) is 80.9 Å². The lowest BCUT2D eigenvalue weighted by Crippen LogP contribution is -2.18. The summed E-state index contributed by atoms with van der Waals surface area (Å²) in [6.45, 7) is 3.43. The number of carboxylic acid groups (broad SMARTS) is 1. The van der Waals surface area contributed by atoms with Gasteiger partial charge in [0, 0.05) is 15.2 Å². The fraction of sp³-hybridized carbons (Fsp3) is 0.174. The molecule has 2 aromatic carbocycles. The van der Waals surface area contributed by atoms with Gasteiger partial charge in [-0.3, -0.25) is 0 Å². The van der Waals surface area contributed by atoms with E-state index in [0.29, 0.717) is 10.4 Å². The summed E-state index contributed by atoms with van der Waals surface area (Å²) < 4.78 is 34.2. The van der Waals surface area contributed by atoms with Crippen LogP contribution in [-0.4, -0.2) is 32.7 Å². The first-order valence-corrected chi connectivity index (χ1v) is 11.1. The number of nitrogens with one attached hydrogen (secondary N) is 1. The minimum atomic E-state index is -1.25. The first kappa shape index (κ1) is 23.8. The molecule has 7 nitrogen and oxygen atoms in total. The molecule has 0 spiro atoms. The number of hydrogen-bond acceptors (Lipinski definition) is 5. The van der Waals surface area contributed by atoms with Gasteiger partial charge in [-0.15, -0.1) is 11.8 Å². The molecular weight excluding hydrogens is 488 g/mol. The summed E-state index contributed by atoms with van der Waals surface area (Å²) in [5.74, 6) is -3.05. The highest BCUT2D eigenvalue weighted by Crippen LogP contribution is 2.46. The summed E-state index contributed by atoms with van der Waals surface area (Å²) in [5, 5.41) is 9.49. The van der Waals surface area contributed by atoms with Gasteiger partial charge in [-0.05, 0) is 56.3 Å². The van der Waals surface area contributed by atoms with Crippen molar-refractivity contribution in [3.8, 4) is 11.4 Å². The number of methoxy groups -OCH3 is 1. The molecule has 0 unspecified atom stereocenters. The number of H-pyrrole nitrogens is 1. The van der Waals surface area contributed by atoms with E-state index in [2.05, 4.69) is 9.97 Å². The van der Waals surface area contributed by atoms with Crippen LogP contribution in [0.4, 0.5) is 8.78 Å². The van der Waals surface area contributed by atoms with Gasteiger partial charge in [0.2, 0.25) is 0 Å². The number of hydrogen-bond donors (Lipinski definition) is 2. The summed E-state index contributed by atoms with van der Waals surface area (Å²) >= 11 is 7.59. The predicted octanol–water partition coefficient (Wildman–Crippen LogP) is 5.38. The van der Waals surface area contributed by atoms with Crippen LogP contribution in [0, 0.1) is 11.6 Å². The van der Waals surface area contributed by atoms with Crippen molar-refractivity contribution in [2.45, 2.75) is 23.5 Å². The number of pyridine rings is 1. The Morgan fingerprint density at radius 2 is 1.94 bits per heavy atom. The summed E-state index contributed by atoms with van der Waals surface area (Å²) in [5.41, 5.74) is -0.0843. The first-order valence-electron chi connectivity index (χ1n) is 9.90. The third-order valence-corrected chi connectivity index (χ3v) is 6.68. The fourth-order valence-corrected chi connectivity index (χ4v) is 5.05. The number of rotatable bonds is 6. The summed E-state index contributed by atoms with van der Waals surface area (Å²) in [6.07, 6.45) is 0. The minimum Gasteiger partial charge on any atom is -0.496 e. The molecule has 0 aliphatic heterocycles. The molecule has 2 aromatic heterocycles. The highest BCUT2D eigenvalue weighted by Gasteiger charge is 2.31. The van der Waals surface area contributed by atoms with Crippen molar-refractivity contribution < 1.29 is 23.4 Å². The van der Waals surface area contributed by atoms with Gasteiger partial charge in [0.15, 0.2) is 23.0 Å². The number of carboxylic acids is 1. The van der Waals surface area contributed by atoms with Crippen molar-refractivity contribution in [2.75, 3.05) is 7.11 Å². The molecule has 0 atom stereocenters. The number of aromatic nitrogens is 3. The van der Waals surface area contributed by atoms with Crippen molar-refractivity contribution in [2.24, 2.45) is 0 Å². The Bertz CT molecular complexity index is 1500. The van der Waals surface area contributed by atoms with Crippen LogP contribution in [0.25, 0.3) is 16.9 Å². The van der Waals surface area contributed by atoms with Crippen LogP contribution in [0.5, 0.6) is 5.75 Å². The van der Waals surface area contributed by atoms with Crippen molar-refractivity contribution >= 4 is 40.5 Å². The van der Waals surface area contributed by atoms with Crippen LogP contribution in [0.1, 0.15) is 29.9 Å². The van der Waals surface area contributed by atoms with Gasteiger partial charge in [0.1, 0.15) is 5.75 Å². The summed E-state index contributed by atoms with van der Waals surface area (Å²) in [6, 6.07) is 9.92. The average Bonchev–Trinajstić information content (AvgIpc) is 3.11. The number of carbonyl (C=O) groups is 1. The second-order valence-corrected chi connectivity index (χ2v) is 9.91. The van der Waals surface area contributed by atoms with Gasteiger partial charge in [0.05, 0.1) is 23.3 Å².